The Morgan fingerprint density at radius 3 is 2.83 bits per heavy atom. The van der Waals surface area contributed by atoms with E-state index in [2.05, 4.69) is 21.8 Å². The van der Waals surface area contributed by atoms with E-state index in [1.807, 2.05) is 12.1 Å². The van der Waals surface area contributed by atoms with Crippen LogP contribution in [-0.4, -0.2) is 32.7 Å². The van der Waals surface area contributed by atoms with Crippen molar-refractivity contribution in [1.82, 2.24) is 5.32 Å². The second-order valence-electron chi connectivity index (χ2n) is 4.98. The zero-order valence-corrected chi connectivity index (χ0v) is 14.6. The molecule has 3 N–H and O–H groups in total. The zero-order valence-electron chi connectivity index (χ0n) is 13.7. The fourth-order valence-corrected chi connectivity index (χ4v) is 2.83. The maximum Gasteiger partial charge on any atom is 0.341 e. The highest BCUT2D eigenvalue weighted by atomic mass is 32.1. The predicted molar refractivity (Wildman–Crippen MR) is 95.7 cm³/mol. The maximum atomic E-state index is 11.8. The number of nitrogens with two attached hydrogens (primary N) is 1. The van der Waals surface area contributed by atoms with Gasteiger partial charge in [-0.05, 0) is 35.6 Å². The standard InChI is InChI=1S/C17H21N3O3S/c1-22-15-6-5-12(10-14(15)16(21)23-2)11-20-17(18)19-8-7-13-4-3-9-24-13/h3-6,9-10H,7-8,11H2,1-2H3,(H3,18,19,20). The first-order chi connectivity index (χ1) is 11.6. The van der Waals surface area contributed by atoms with Gasteiger partial charge >= 0.3 is 5.97 Å². The summed E-state index contributed by atoms with van der Waals surface area (Å²) in [5.74, 6) is 0.401. The molecule has 0 radical (unpaired) electrons. The van der Waals surface area contributed by atoms with Gasteiger partial charge in [-0.3, -0.25) is 0 Å². The number of guanidine groups is 1. The molecular formula is C17H21N3O3S. The Morgan fingerprint density at radius 1 is 1.33 bits per heavy atom. The Labute approximate surface area is 145 Å². The topological polar surface area (TPSA) is 85.9 Å². The lowest BCUT2D eigenvalue weighted by Crippen LogP contribution is -2.33. The number of rotatable bonds is 7. The summed E-state index contributed by atoms with van der Waals surface area (Å²) in [5.41, 5.74) is 7.09. The van der Waals surface area contributed by atoms with E-state index < -0.39 is 5.97 Å². The molecule has 0 spiro atoms. The second-order valence-corrected chi connectivity index (χ2v) is 6.02. The molecule has 0 fully saturated rings. The van der Waals surface area contributed by atoms with Crippen molar-refractivity contribution in [1.29, 1.82) is 0 Å². The largest absolute Gasteiger partial charge is 0.496 e. The van der Waals surface area contributed by atoms with Crippen LogP contribution in [0.4, 0.5) is 0 Å². The van der Waals surface area contributed by atoms with E-state index in [4.69, 9.17) is 15.2 Å². The van der Waals surface area contributed by atoms with Crippen LogP contribution in [0.2, 0.25) is 0 Å². The van der Waals surface area contributed by atoms with E-state index >= 15 is 0 Å². The molecule has 0 amide bonds. The monoisotopic (exact) mass is 347 g/mol. The first-order valence-corrected chi connectivity index (χ1v) is 8.33. The van der Waals surface area contributed by atoms with Gasteiger partial charge in [0, 0.05) is 11.4 Å². The lowest BCUT2D eigenvalue weighted by Gasteiger charge is -2.09. The van der Waals surface area contributed by atoms with Crippen LogP contribution < -0.4 is 15.8 Å². The molecule has 0 bridgehead atoms. The molecule has 0 saturated heterocycles. The van der Waals surface area contributed by atoms with E-state index in [1.54, 1.807) is 23.5 Å². The third-order valence-corrected chi connectivity index (χ3v) is 4.29. The molecule has 0 aliphatic rings. The molecule has 1 heterocycles. The van der Waals surface area contributed by atoms with E-state index in [9.17, 15) is 4.79 Å². The number of aliphatic imine (C=N–C) groups is 1. The number of thiophene rings is 1. The summed E-state index contributed by atoms with van der Waals surface area (Å²) >= 11 is 1.72. The minimum Gasteiger partial charge on any atom is -0.496 e. The molecular weight excluding hydrogens is 326 g/mol. The summed E-state index contributed by atoms with van der Waals surface area (Å²) in [6.07, 6.45) is 0.906. The third kappa shape index (κ3) is 4.99. The van der Waals surface area contributed by atoms with Gasteiger partial charge in [-0.15, -0.1) is 11.3 Å². The molecule has 0 unspecified atom stereocenters. The third-order valence-electron chi connectivity index (χ3n) is 3.36. The quantitative estimate of drug-likeness (QED) is 0.455. The van der Waals surface area contributed by atoms with Crippen LogP contribution in [0, 0.1) is 0 Å². The van der Waals surface area contributed by atoms with Crippen molar-refractivity contribution in [3.05, 3.63) is 51.7 Å². The number of ether oxygens (including phenoxy) is 2. The van der Waals surface area contributed by atoms with Crippen LogP contribution in [0.25, 0.3) is 0 Å². The Bertz CT molecular complexity index is 699. The molecule has 0 atom stereocenters. The van der Waals surface area contributed by atoms with Crippen molar-refractivity contribution in [2.75, 3.05) is 20.8 Å². The number of hydrogen-bond donors (Lipinski definition) is 2. The summed E-state index contributed by atoms with van der Waals surface area (Å²) < 4.78 is 9.92. The Hall–Kier alpha value is -2.54. The molecule has 2 rings (SSSR count). The second kappa shape index (κ2) is 8.93. The summed E-state index contributed by atoms with van der Waals surface area (Å²) in [5, 5.41) is 5.13. The van der Waals surface area contributed by atoms with E-state index in [0.717, 1.165) is 18.5 Å². The number of carbonyl (C=O) groups is 1. The maximum absolute atomic E-state index is 11.8. The fourth-order valence-electron chi connectivity index (χ4n) is 2.12. The lowest BCUT2D eigenvalue weighted by molar-refractivity contribution is 0.0597. The average molecular weight is 347 g/mol. The number of carbonyl (C=O) groups excluding carboxylic acids is 1. The van der Waals surface area contributed by atoms with Gasteiger partial charge < -0.3 is 20.5 Å². The Balaban J connectivity index is 1.93. The first-order valence-electron chi connectivity index (χ1n) is 7.45. The van der Waals surface area contributed by atoms with Gasteiger partial charge in [0.1, 0.15) is 11.3 Å². The minimum absolute atomic E-state index is 0.367. The molecule has 0 aliphatic heterocycles. The fraction of sp³-hybridized carbons (Fsp3) is 0.294. The Morgan fingerprint density at radius 2 is 2.17 bits per heavy atom. The van der Waals surface area contributed by atoms with Gasteiger partial charge in [-0.2, -0.15) is 0 Å². The molecule has 128 valence electrons. The van der Waals surface area contributed by atoms with Crippen molar-refractivity contribution in [2.45, 2.75) is 13.0 Å². The van der Waals surface area contributed by atoms with Crippen LogP contribution in [0.1, 0.15) is 20.8 Å². The van der Waals surface area contributed by atoms with Crippen molar-refractivity contribution < 1.29 is 14.3 Å². The van der Waals surface area contributed by atoms with Gasteiger partial charge in [-0.25, -0.2) is 9.79 Å². The highest BCUT2D eigenvalue weighted by Crippen LogP contribution is 2.21. The van der Waals surface area contributed by atoms with Crippen LogP contribution in [0.3, 0.4) is 0 Å². The number of methoxy groups -OCH3 is 2. The first kappa shape index (κ1) is 17.8. The van der Waals surface area contributed by atoms with Crippen LogP contribution in [-0.2, 0) is 17.7 Å². The van der Waals surface area contributed by atoms with Crippen molar-refractivity contribution in [2.24, 2.45) is 10.7 Å². The molecule has 1 aromatic heterocycles. The normalized spacial score (nSPS) is 11.2. The number of nitrogens with one attached hydrogen (secondary N) is 1. The smallest absolute Gasteiger partial charge is 0.341 e. The van der Waals surface area contributed by atoms with E-state index in [-0.39, 0.29) is 0 Å². The minimum atomic E-state index is -0.445. The number of benzene rings is 1. The van der Waals surface area contributed by atoms with Crippen molar-refractivity contribution >= 4 is 23.3 Å². The van der Waals surface area contributed by atoms with E-state index in [0.29, 0.717) is 23.8 Å². The Kier molecular flexibility index (Phi) is 6.62. The van der Waals surface area contributed by atoms with Crippen LogP contribution in [0.15, 0.2) is 40.7 Å². The molecule has 24 heavy (non-hydrogen) atoms. The average Bonchev–Trinajstić information content (AvgIpc) is 3.12. The summed E-state index contributed by atoms with van der Waals surface area (Å²) in [4.78, 5) is 17.4. The van der Waals surface area contributed by atoms with Crippen LogP contribution >= 0.6 is 11.3 Å². The zero-order chi connectivity index (χ0) is 17.4. The summed E-state index contributed by atoms with van der Waals surface area (Å²) in [7, 11) is 2.84. The highest BCUT2D eigenvalue weighted by molar-refractivity contribution is 7.09. The van der Waals surface area contributed by atoms with Gasteiger partial charge in [0.15, 0.2) is 5.96 Å². The molecule has 7 heteroatoms. The summed E-state index contributed by atoms with van der Waals surface area (Å²) in [6, 6.07) is 9.38. The molecule has 0 aliphatic carbocycles. The highest BCUT2D eigenvalue weighted by Gasteiger charge is 2.13. The summed E-state index contributed by atoms with van der Waals surface area (Å²) in [6.45, 7) is 1.09. The number of nitrogens with zero attached hydrogens (tertiary/aromatic N) is 1. The molecule has 6 nitrogen and oxygen atoms in total. The van der Waals surface area contributed by atoms with Gasteiger partial charge in [0.25, 0.3) is 0 Å². The van der Waals surface area contributed by atoms with Crippen molar-refractivity contribution in [3.63, 3.8) is 0 Å². The molecule has 0 saturated carbocycles. The van der Waals surface area contributed by atoms with E-state index in [1.165, 1.54) is 19.1 Å². The van der Waals surface area contributed by atoms with Crippen LogP contribution in [0.5, 0.6) is 5.75 Å². The lowest BCUT2D eigenvalue weighted by atomic mass is 10.1. The molecule has 1 aromatic carbocycles. The van der Waals surface area contributed by atoms with Crippen molar-refractivity contribution in [3.8, 4) is 5.75 Å². The number of esters is 1. The van der Waals surface area contributed by atoms with Gasteiger partial charge in [0.05, 0.1) is 20.8 Å². The predicted octanol–water partition coefficient (Wildman–Crippen LogP) is 2.19. The SMILES string of the molecule is COC(=O)c1cc(CN=C(N)NCCc2cccs2)ccc1OC. The molecule has 2 aromatic rings. The number of hydrogen-bond acceptors (Lipinski definition) is 5. The van der Waals surface area contributed by atoms with Gasteiger partial charge in [0.2, 0.25) is 0 Å². The van der Waals surface area contributed by atoms with Gasteiger partial charge in [-0.1, -0.05) is 12.1 Å².